The van der Waals surface area contributed by atoms with E-state index in [1.807, 2.05) is 0 Å². The van der Waals surface area contributed by atoms with E-state index in [9.17, 15) is 24.0 Å². The molecule has 0 spiro atoms. The number of fused-ring (bicyclic) bond motifs is 2. The number of rotatable bonds is 4. The van der Waals surface area contributed by atoms with Gasteiger partial charge in [0.15, 0.2) is 0 Å². The van der Waals surface area contributed by atoms with Crippen molar-refractivity contribution >= 4 is 28.7 Å². The molecule has 1 aromatic heterocycles. The molecule has 0 bridgehead atoms. The monoisotopic (exact) mass is 393 g/mol. The van der Waals surface area contributed by atoms with Gasteiger partial charge in [0.2, 0.25) is 0 Å². The van der Waals surface area contributed by atoms with Gasteiger partial charge in [0.25, 0.3) is 17.4 Å². The zero-order valence-corrected chi connectivity index (χ0v) is 15.3. The molecule has 0 radical (unpaired) electrons. The zero-order valence-electron chi connectivity index (χ0n) is 15.3. The fraction of sp³-hybridized carbons (Fsp3) is 0.150. The van der Waals surface area contributed by atoms with Crippen LogP contribution in [0.5, 0.6) is 0 Å². The van der Waals surface area contributed by atoms with E-state index in [1.54, 1.807) is 37.3 Å². The Kier molecular flexibility index (Phi) is 4.34. The number of aromatic nitrogens is 2. The molecule has 0 unspecified atom stereocenters. The predicted molar refractivity (Wildman–Crippen MR) is 101 cm³/mol. The number of hydroxylamine groups is 2. The number of nitrogens with zero attached hydrogens (tertiary/aromatic N) is 3. The zero-order chi connectivity index (χ0) is 20.7. The SMILES string of the molecule is CCn1c(=O)c2ccccc2n(CC(=O)ON2C(=O)c3ccccc3C2=O)c1=O. The van der Waals surface area contributed by atoms with Crippen LogP contribution in [0.3, 0.4) is 0 Å². The third kappa shape index (κ3) is 2.83. The Balaban J connectivity index is 1.68. The molecule has 0 fully saturated rings. The minimum atomic E-state index is -0.993. The minimum Gasteiger partial charge on any atom is -0.328 e. The molecule has 29 heavy (non-hydrogen) atoms. The van der Waals surface area contributed by atoms with Crippen LogP contribution in [0.2, 0.25) is 0 Å². The summed E-state index contributed by atoms with van der Waals surface area (Å²) in [5, 5.41) is 0.651. The molecule has 0 saturated carbocycles. The average Bonchev–Trinajstić information content (AvgIpc) is 2.97. The number of carbonyl (C=O) groups is 3. The van der Waals surface area contributed by atoms with Gasteiger partial charge in [-0.2, -0.15) is 0 Å². The molecule has 0 aliphatic carbocycles. The Morgan fingerprint density at radius 3 is 2.07 bits per heavy atom. The maximum Gasteiger partial charge on any atom is 0.352 e. The van der Waals surface area contributed by atoms with Crippen LogP contribution in [-0.2, 0) is 22.7 Å². The lowest BCUT2D eigenvalue weighted by molar-refractivity contribution is -0.169. The topological polar surface area (TPSA) is 108 Å². The number of benzene rings is 2. The van der Waals surface area contributed by atoms with Crippen LogP contribution in [0.15, 0.2) is 58.1 Å². The number of amides is 2. The first-order chi connectivity index (χ1) is 13.9. The molecule has 2 aromatic carbocycles. The lowest BCUT2D eigenvalue weighted by atomic mass is 10.1. The van der Waals surface area contributed by atoms with Crippen LogP contribution < -0.4 is 11.2 Å². The lowest BCUT2D eigenvalue weighted by Crippen LogP contribution is -2.42. The first-order valence-corrected chi connectivity index (χ1v) is 8.85. The van der Waals surface area contributed by atoms with Crippen molar-refractivity contribution in [2.24, 2.45) is 0 Å². The van der Waals surface area contributed by atoms with Crippen molar-refractivity contribution in [2.75, 3.05) is 0 Å². The maximum absolute atomic E-state index is 12.7. The average molecular weight is 393 g/mol. The van der Waals surface area contributed by atoms with Crippen LogP contribution in [-0.4, -0.2) is 32.0 Å². The van der Waals surface area contributed by atoms with Gasteiger partial charge in [-0.1, -0.05) is 29.3 Å². The van der Waals surface area contributed by atoms with Crippen LogP contribution in [0, 0.1) is 0 Å². The van der Waals surface area contributed by atoms with E-state index in [4.69, 9.17) is 4.84 Å². The summed E-state index contributed by atoms with van der Waals surface area (Å²) in [5.74, 6) is -2.50. The third-order valence-corrected chi connectivity index (χ3v) is 4.69. The number of hydrogen-bond donors (Lipinski definition) is 0. The Morgan fingerprint density at radius 2 is 1.45 bits per heavy atom. The Bertz CT molecular complexity index is 1270. The highest BCUT2D eigenvalue weighted by atomic mass is 16.7. The molecule has 3 aromatic rings. The van der Waals surface area contributed by atoms with Gasteiger partial charge in [0, 0.05) is 6.54 Å². The molecule has 1 aliphatic rings. The normalized spacial score (nSPS) is 13.1. The van der Waals surface area contributed by atoms with E-state index >= 15 is 0 Å². The number of para-hydroxylation sites is 1. The third-order valence-electron chi connectivity index (χ3n) is 4.69. The Labute approximate surface area is 163 Å². The number of imide groups is 1. The summed E-state index contributed by atoms with van der Waals surface area (Å²) in [6.45, 7) is 1.18. The van der Waals surface area contributed by atoms with Gasteiger partial charge >= 0.3 is 11.7 Å². The summed E-state index contributed by atoms with van der Waals surface area (Å²) in [4.78, 5) is 67.3. The van der Waals surface area contributed by atoms with Crippen LogP contribution in [0.1, 0.15) is 27.6 Å². The minimum absolute atomic E-state index is 0.121. The molecule has 0 N–H and O–H groups in total. The number of hydrogen-bond acceptors (Lipinski definition) is 6. The maximum atomic E-state index is 12.7. The smallest absolute Gasteiger partial charge is 0.328 e. The molecule has 2 amide bonds. The molecule has 1 aliphatic heterocycles. The summed E-state index contributed by atoms with van der Waals surface area (Å²) in [6, 6.07) is 12.5. The van der Waals surface area contributed by atoms with Crippen LogP contribution in [0.4, 0.5) is 0 Å². The van der Waals surface area contributed by atoms with Gasteiger partial charge in [0.1, 0.15) is 6.54 Å². The van der Waals surface area contributed by atoms with Gasteiger partial charge in [-0.25, -0.2) is 9.59 Å². The van der Waals surface area contributed by atoms with E-state index in [1.165, 1.54) is 18.2 Å². The van der Waals surface area contributed by atoms with Crippen molar-refractivity contribution in [3.63, 3.8) is 0 Å². The van der Waals surface area contributed by atoms with E-state index in [0.29, 0.717) is 5.06 Å². The van der Waals surface area contributed by atoms with E-state index < -0.39 is 35.6 Å². The molecule has 9 nitrogen and oxygen atoms in total. The first-order valence-electron chi connectivity index (χ1n) is 8.85. The van der Waals surface area contributed by atoms with Crippen molar-refractivity contribution in [3.05, 3.63) is 80.5 Å². The van der Waals surface area contributed by atoms with E-state index in [2.05, 4.69) is 0 Å². The lowest BCUT2D eigenvalue weighted by Gasteiger charge is -2.15. The van der Waals surface area contributed by atoms with Crippen molar-refractivity contribution in [3.8, 4) is 0 Å². The van der Waals surface area contributed by atoms with Crippen molar-refractivity contribution in [1.29, 1.82) is 0 Å². The quantitative estimate of drug-likeness (QED) is 0.611. The van der Waals surface area contributed by atoms with Crippen molar-refractivity contribution < 1.29 is 19.2 Å². The molecular weight excluding hydrogens is 378 g/mol. The molecular formula is C20H15N3O6. The van der Waals surface area contributed by atoms with E-state index in [-0.39, 0.29) is 28.6 Å². The second-order valence-electron chi connectivity index (χ2n) is 6.35. The molecule has 2 heterocycles. The fourth-order valence-electron chi connectivity index (χ4n) is 3.31. The molecule has 4 rings (SSSR count). The van der Waals surface area contributed by atoms with Gasteiger partial charge in [0.05, 0.1) is 22.0 Å². The summed E-state index contributed by atoms with van der Waals surface area (Å²) in [6.07, 6.45) is 0. The molecule has 0 saturated heterocycles. The van der Waals surface area contributed by atoms with Gasteiger partial charge in [-0.3, -0.25) is 23.5 Å². The highest BCUT2D eigenvalue weighted by molar-refractivity contribution is 6.20. The van der Waals surface area contributed by atoms with Crippen LogP contribution in [0.25, 0.3) is 10.9 Å². The first kappa shape index (κ1) is 18.4. The van der Waals surface area contributed by atoms with Crippen molar-refractivity contribution in [2.45, 2.75) is 20.0 Å². The van der Waals surface area contributed by atoms with Gasteiger partial charge in [-0.15, -0.1) is 0 Å². The highest BCUT2D eigenvalue weighted by Gasteiger charge is 2.38. The molecule has 9 heteroatoms. The largest absolute Gasteiger partial charge is 0.352 e. The standard InChI is InChI=1S/C20H15N3O6/c1-2-21-17(25)14-9-5-6-10-15(14)22(20(21)28)11-16(24)29-23-18(26)12-7-3-4-8-13(12)19(23)27/h3-10H,2,11H2,1H3. The van der Waals surface area contributed by atoms with Crippen LogP contribution >= 0.6 is 0 Å². The second kappa shape index (κ2) is 6.86. The summed E-state index contributed by atoms with van der Waals surface area (Å²) >= 11 is 0. The molecule has 146 valence electrons. The van der Waals surface area contributed by atoms with Crippen molar-refractivity contribution in [1.82, 2.24) is 14.2 Å². The summed E-state index contributed by atoms with van der Waals surface area (Å²) in [7, 11) is 0. The Hall–Kier alpha value is -4.01. The Morgan fingerprint density at radius 1 is 0.862 bits per heavy atom. The number of carbonyl (C=O) groups excluding carboxylic acids is 3. The fourth-order valence-corrected chi connectivity index (χ4v) is 3.31. The summed E-state index contributed by atoms with van der Waals surface area (Å²) in [5.41, 5.74) is -0.625. The highest BCUT2D eigenvalue weighted by Crippen LogP contribution is 2.22. The predicted octanol–water partition coefficient (Wildman–Crippen LogP) is 0.937. The van der Waals surface area contributed by atoms with E-state index in [0.717, 1.165) is 9.13 Å². The molecule has 0 atom stereocenters. The summed E-state index contributed by atoms with van der Waals surface area (Å²) < 4.78 is 2.08. The second-order valence-corrected chi connectivity index (χ2v) is 6.35. The van der Waals surface area contributed by atoms with Gasteiger partial charge in [-0.05, 0) is 31.2 Å². The van der Waals surface area contributed by atoms with Gasteiger partial charge < -0.3 is 4.84 Å².